The Labute approximate surface area is 349 Å². The lowest BCUT2D eigenvalue weighted by atomic mass is 9.83. The Morgan fingerprint density at radius 2 is 1.67 bits per heavy atom. The van der Waals surface area contributed by atoms with Crippen molar-refractivity contribution in [3.05, 3.63) is 89.1 Å². The van der Waals surface area contributed by atoms with Gasteiger partial charge in [0.25, 0.3) is 0 Å². The van der Waals surface area contributed by atoms with E-state index in [1.54, 1.807) is 14.2 Å². The number of rotatable bonds is 13. The van der Waals surface area contributed by atoms with Crippen molar-refractivity contribution in [1.82, 2.24) is 24.6 Å². The molecule has 1 aliphatic carbocycles. The molecule has 4 aromatic carbocycles. The van der Waals surface area contributed by atoms with Gasteiger partial charge in [0.2, 0.25) is 5.89 Å². The molecule has 2 atom stereocenters. The Hall–Kier alpha value is -5.78. The molecule has 1 aliphatic heterocycles. The van der Waals surface area contributed by atoms with E-state index in [-0.39, 0.29) is 18.4 Å². The fraction of sp³-hybridized carbons (Fsp3) is 0.404. The average Bonchev–Trinajstić information content (AvgIpc) is 3.89. The number of aliphatic hydroxyl groups is 1. The molecule has 0 amide bonds. The summed E-state index contributed by atoms with van der Waals surface area (Å²) in [5.41, 5.74) is 8.91. The summed E-state index contributed by atoms with van der Waals surface area (Å²) in [5.74, 6) is 1.29. The molecule has 2 aromatic heterocycles. The van der Waals surface area contributed by atoms with Crippen LogP contribution in [0.5, 0.6) is 11.5 Å². The second-order valence-corrected chi connectivity index (χ2v) is 16.3. The van der Waals surface area contributed by atoms with Crippen LogP contribution in [0.4, 0.5) is 0 Å². The number of ether oxygens (including phenoxy) is 3. The fourth-order valence-electron chi connectivity index (χ4n) is 9.33. The third kappa shape index (κ3) is 8.08. The van der Waals surface area contributed by atoms with E-state index in [1.807, 2.05) is 66.5 Å². The molecule has 312 valence electrons. The van der Waals surface area contributed by atoms with Gasteiger partial charge in [0, 0.05) is 61.3 Å². The second-order valence-electron chi connectivity index (χ2n) is 16.3. The number of carboxylic acids is 1. The maximum Gasteiger partial charge on any atom is 0.303 e. The van der Waals surface area contributed by atoms with Crippen LogP contribution in [0.2, 0.25) is 0 Å². The van der Waals surface area contributed by atoms with E-state index in [9.17, 15) is 20.3 Å². The van der Waals surface area contributed by atoms with E-state index in [1.165, 1.54) is 0 Å². The minimum absolute atomic E-state index is 0.0398. The molecule has 60 heavy (non-hydrogen) atoms. The van der Waals surface area contributed by atoms with Crippen molar-refractivity contribution in [2.45, 2.75) is 76.7 Å². The van der Waals surface area contributed by atoms with Gasteiger partial charge in [0.1, 0.15) is 23.1 Å². The molecule has 6 aromatic rings. The van der Waals surface area contributed by atoms with Crippen molar-refractivity contribution in [1.29, 1.82) is 5.26 Å². The molecule has 1 saturated heterocycles. The van der Waals surface area contributed by atoms with E-state index in [0.717, 1.165) is 82.1 Å². The number of hydrogen-bond donors (Lipinski definition) is 2. The summed E-state index contributed by atoms with van der Waals surface area (Å²) < 4.78 is 25.6. The molecule has 13 heteroatoms. The van der Waals surface area contributed by atoms with Crippen LogP contribution in [0.15, 0.2) is 71.3 Å². The van der Waals surface area contributed by atoms with Gasteiger partial charge >= 0.3 is 5.97 Å². The summed E-state index contributed by atoms with van der Waals surface area (Å²) in [7, 11) is 7.39. The molecule has 2 aliphatic rings. The summed E-state index contributed by atoms with van der Waals surface area (Å²) in [6, 6.07) is 22.7. The van der Waals surface area contributed by atoms with E-state index < -0.39 is 12.1 Å². The molecular weight excluding hydrogens is 761 g/mol. The number of aliphatic carboxylic acids is 1. The molecule has 0 bridgehead atoms. The maximum atomic E-state index is 11.2. The number of oxazole rings is 1. The number of carboxylic acid groups (broad SMARTS) is 1. The average molecular weight is 813 g/mol. The zero-order chi connectivity index (χ0) is 42.1. The quantitative estimate of drug-likeness (QED) is 0.117. The lowest BCUT2D eigenvalue weighted by molar-refractivity contribution is -0.138. The lowest BCUT2D eigenvalue weighted by Gasteiger charge is -2.35. The topological polar surface area (TPSA) is 159 Å². The van der Waals surface area contributed by atoms with Gasteiger partial charge in [-0.05, 0) is 106 Å². The van der Waals surface area contributed by atoms with E-state index in [4.69, 9.17) is 28.7 Å². The van der Waals surface area contributed by atoms with Crippen molar-refractivity contribution in [2.75, 3.05) is 41.5 Å². The Morgan fingerprint density at radius 1 is 0.950 bits per heavy atom. The highest BCUT2D eigenvalue weighted by atomic mass is 16.5. The van der Waals surface area contributed by atoms with Crippen molar-refractivity contribution < 1.29 is 33.6 Å². The molecule has 1 saturated carbocycles. The lowest BCUT2D eigenvalue weighted by Crippen LogP contribution is -2.47. The highest BCUT2D eigenvalue weighted by Crippen LogP contribution is 2.39. The van der Waals surface area contributed by atoms with Crippen LogP contribution in [0, 0.1) is 24.2 Å². The fourth-order valence-corrected chi connectivity index (χ4v) is 9.33. The Bertz CT molecular complexity index is 2540. The van der Waals surface area contributed by atoms with Crippen LogP contribution >= 0.6 is 0 Å². The Kier molecular flexibility index (Phi) is 11.9. The number of aromatic nitrogens is 3. The first-order chi connectivity index (χ1) is 29.1. The van der Waals surface area contributed by atoms with E-state index in [2.05, 4.69) is 42.0 Å². The Morgan fingerprint density at radius 3 is 2.37 bits per heavy atom. The molecule has 0 spiro atoms. The number of benzene rings is 4. The number of methoxy groups -OCH3 is 2. The molecule has 2 fully saturated rings. The van der Waals surface area contributed by atoms with Crippen LogP contribution in [-0.2, 0) is 22.6 Å². The van der Waals surface area contributed by atoms with Crippen molar-refractivity contribution >= 4 is 28.0 Å². The van der Waals surface area contributed by atoms with Gasteiger partial charge < -0.3 is 28.8 Å². The highest BCUT2D eigenvalue weighted by Gasteiger charge is 2.30. The summed E-state index contributed by atoms with van der Waals surface area (Å²) in [6.45, 7) is 4.16. The highest BCUT2D eigenvalue weighted by molar-refractivity contribution is 5.97. The number of fused-ring (bicyclic) bond motifs is 2. The SMILES string of the molecule is COc1cc(-n2ncc3c(-c4cccc(-c5nc6cc(CN(C)C7CCC(CC(=O)O)CC7)cc(C#N)c6o5)c4C)cccc32)cc(OC)c1CN(C)[C@@H]1CCOC[C@H]1O. The van der Waals surface area contributed by atoms with Gasteiger partial charge in [0.15, 0.2) is 5.58 Å². The van der Waals surface area contributed by atoms with Crippen LogP contribution in [-0.4, -0.2) is 100 Å². The second kappa shape index (κ2) is 17.4. The van der Waals surface area contributed by atoms with Crippen LogP contribution in [0.25, 0.3) is 50.3 Å². The minimum Gasteiger partial charge on any atom is -0.496 e. The summed E-state index contributed by atoms with van der Waals surface area (Å²) in [4.78, 5) is 20.6. The summed E-state index contributed by atoms with van der Waals surface area (Å²) in [5, 5.41) is 35.8. The predicted molar refractivity (Wildman–Crippen MR) is 228 cm³/mol. The number of carbonyl (C=O) groups is 1. The first-order valence-corrected chi connectivity index (χ1v) is 20.6. The molecular formula is C47H52N6O7. The smallest absolute Gasteiger partial charge is 0.303 e. The zero-order valence-corrected chi connectivity index (χ0v) is 34.9. The monoisotopic (exact) mass is 812 g/mol. The predicted octanol–water partition coefficient (Wildman–Crippen LogP) is 7.74. The number of likely N-dealkylation sites (N-methyl/N-ethyl adjacent to an activating group) is 1. The maximum absolute atomic E-state index is 11.2. The normalized spacial score (nSPS) is 19.6. The van der Waals surface area contributed by atoms with Gasteiger partial charge in [-0.3, -0.25) is 14.6 Å². The van der Waals surface area contributed by atoms with Gasteiger partial charge in [-0.15, -0.1) is 0 Å². The molecule has 0 unspecified atom stereocenters. The molecule has 3 heterocycles. The van der Waals surface area contributed by atoms with Gasteiger partial charge in [-0.2, -0.15) is 10.4 Å². The largest absolute Gasteiger partial charge is 0.496 e. The zero-order valence-electron chi connectivity index (χ0n) is 34.9. The van der Waals surface area contributed by atoms with Gasteiger partial charge in [0.05, 0.1) is 55.5 Å². The van der Waals surface area contributed by atoms with Crippen molar-refractivity contribution in [3.63, 3.8) is 0 Å². The molecule has 8 rings (SSSR count). The van der Waals surface area contributed by atoms with E-state index in [0.29, 0.717) is 66.4 Å². The standard InChI is InChI=1S/C47H52N6O7/c1-28-34(8-6-9-35(28)47-50-39-19-30(18-31(23-48)46(39)60-47)25-51(2)32-14-12-29(13-15-32)20-45(55)56)36-10-7-11-40-37(36)24-49-53(40)33-21-43(57-4)38(44(22-33)58-5)26-52(3)41-16-17-59-27-42(41)54/h6-11,18-19,21-22,24,29,32,41-42,54H,12-17,20,25-27H2,1-5H3,(H,55,56)/t29?,32?,41-,42-/m1/s1. The molecule has 13 nitrogen and oxygen atoms in total. The number of aliphatic hydroxyl groups excluding tert-OH is 1. The molecule has 2 N–H and O–H groups in total. The summed E-state index contributed by atoms with van der Waals surface area (Å²) >= 11 is 0. The molecule has 0 radical (unpaired) electrons. The van der Waals surface area contributed by atoms with Crippen molar-refractivity contribution in [2.24, 2.45) is 5.92 Å². The number of nitriles is 1. The summed E-state index contributed by atoms with van der Waals surface area (Å²) in [6.07, 6.45) is 6.02. The third-order valence-corrected chi connectivity index (χ3v) is 12.6. The van der Waals surface area contributed by atoms with Gasteiger partial charge in [-0.1, -0.05) is 24.3 Å². The van der Waals surface area contributed by atoms with Crippen molar-refractivity contribution in [3.8, 4) is 45.8 Å². The first-order valence-electron chi connectivity index (χ1n) is 20.6. The van der Waals surface area contributed by atoms with Crippen LogP contribution < -0.4 is 9.47 Å². The van der Waals surface area contributed by atoms with Gasteiger partial charge in [-0.25, -0.2) is 9.67 Å². The Balaban J connectivity index is 1.07. The van der Waals surface area contributed by atoms with Crippen LogP contribution in [0.1, 0.15) is 60.8 Å². The third-order valence-electron chi connectivity index (χ3n) is 12.6. The van der Waals surface area contributed by atoms with E-state index >= 15 is 0 Å². The van der Waals surface area contributed by atoms with Crippen LogP contribution in [0.3, 0.4) is 0 Å². The number of nitrogens with zero attached hydrogens (tertiary/aromatic N) is 6. The number of hydrogen-bond acceptors (Lipinski definition) is 11. The minimum atomic E-state index is -0.724. The first kappa shape index (κ1) is 41.0.